The second-order valence-corrected chi connectivity index (χ2v) is 7.53. The minimum absolute atomic E-state index is 0.141. The molecule has 3 rings (SSSR count). The third-order valence-electron chi connectivity index (χ3n) is 4.57. The third kappa shape index (κ3) is 2.34. The predicted molar refractivity (Wildman–Crippen MR) is 76.4 cm³/mol. The van der Waals surface area contributed by atoms with Gasteiger partial charge in [0.25, 0.3) is 0 Å². The van der Waals surface area contributed by atoms with Gasteiger partial charge in [-0.05, 0) is 37.3 Å². The molecule has 0 bridgehead atoms. The maximum atomic E-state index is 9.63. The van der Waals surface area contributed by atoms with Crippen molar-refractivity contribution in [2.24, 2.45) is 5.41 Å². The number of aliphatic hydroxyl groups is 1. The summed E-state index contributed by atoms with van der Waals surface area (Å²) in [6, 6.07) is 2.57. The molecule has 1 aromatic heterocycles. The molecule has 1 heterocycles. The minimum atomic E-state index is 0.141. The van der Waals surface area contributed by atoms with E-state index < -0.39 is 0 Å². The van der Waals surface area contributed by atoms with Crippen LogP contribution in [0.2, 0.25) is 4.34 Å². The fourth-order valence-electron chi connectivity index (χ4n) is 3.40. The molecule has 0 aromatic carbocycles. The van der Waals surface area contributed by atoms with Crippen LogP contribution in [0.5, 0.6) is 0 Å². The van der Waals surface area contributed by atoms with Gasteiger partial charge in [-0.1, -0.05) is 24.4 Å². The summed E-state index contributed by atoms with van der Waals surface area (Å²) in [6.07, 6.45) is 7.20. The number of hydrogen-bond acceptors (Lipinski definition) is 3. The Labute approximate surface area is 117 Å². The van der Waals surface area contributed by atoms with Gasteiger partial charge in [0.15, 0.2) is 0 Å². The van der Waals surface area contributed by atoms with Crippen molar-refractivity contribution in [1.29, 1.82) is 0 Å². The van der Waals surface area contributed by atoms with Crippen molar-refractivity contribution >= 4 is 22.9 Å². The Balaban J connectivity index is 1.64. The van der Waals surface area contributed by atoms with Crippen molar-refractivity contribution < 1.29 is 5.11 Å². The van der Waals surface area contributed by atoms with Gasteiger partial charge in [0.2, 0.25) is 0 Å². The van der Waals surface area contributed by atoms with E-state index >= 15 is 0 Å². The lowest BCUT2D eigenvalue weighted by Gasteiger charge is -2.28. The normalized spacial score (nSPS) is 25.6. The van der Waals surface area contributed by atoms with Crippen LogP contribution in [0.3, 0.4) is 0 Å². The van der Waals surface area contributed by atoms with Crippen molar-refractivity contribution in [3.8, 4) is 0 Å². The van der Waals surface area contributed by atoms with Crippen LogP contribution in [0.15, 0.2) is 6.07 Å². The number of hydrogen-bond donors (Lipinski definition) is 2. The Morgan fingerprint density at radius 1 is 1.44 bits per heavy atom. The van der Waals surface area contributed by atoms with Gasteiger partial charge in [-0.3, -0.25) is 0 Å². The van der Waals surface area contributed by atoms with Gasteiger partial charge in [0.1, 0.15) is 0 Å². The lowest BCUT2D eigenvalue weighted by Crippen LogP contribution is -2.36. The van der Waals surface area contributed by atoms with Crippen molar-refractivity contribution in [2.45, 2.75) is 44.6 Å². The lowest BCUT2D eigenvalue weighted by atomic mass is 9.87. The second-order valence-electron chi connectivity index (χ2n) is 5.77. The summed E-state index contributed by atoms with van der Waals surface area (Å²) in [5.41, 5.74) is 1.54. The molecule has 2 N–H and O–H groups in total. The van der Waals surface area contributed by atoms with Gasteiger partial charge >= 0.3 is 0 Å². The van der Waals surface area contributed by atoms with E-state index in [4.69, 9.17) is 11.6 Å². The molecular weight excluding hydrogens is 266 g/mol. The Morgan fingerprint density at radius 3 is 2.94 bits per heavy atom. The van der Waals surface area contributed by atoms with E-state index in [0.29, 0.717) is 12.6 Å². The Hall–Kier alpha value is -0.0900. The van der Waals surface area contributed by atoms with Crippen LogP contribution in [0, 0.1) is 5.41 Å². The molecule has 1 atom stereocenters. The Bertz CT molecular complexity index is 425. The summed E-state index contributed by atoms with van der Waals surface area (Å²) < 4.78 is 0.907. The standard InChI is InChI=1S/C14H20ClNOS/c15-13-7-10-11(3-4-12(10)18-13)16-8-14(9-17)5-1-2-6-14/h7,11,16-17H,1-6,8-9H2. The molecule has 1 saturated carbocycles. The molecule has 1 aromatic rings. The third-order valence-corrected chi connectivity index (χ3v) is 5.91. The van der Waals surface area contributed by atoms with E-state index in [1.165, 1.54) is 42.5 Å². The first-order chi connectivity index (χ1) is 8.72. The van der Waals surface area contributed by atoms with E-state index in [-0.39, 0.29) is 5.41 Å². The minimum Gasteiger partial charge on any atom is -0.396 e. The Morgan fingerprint density at radius 2 is 2.22 bits per heavy atom. The number of nitrogens with one attached hydrogen (secondary N) is 1. The highest BCUT2D eigenvalue weighted by atomic mass is 35.5. The molecule has 0 saturated heterocycles. The first-order valence-corrected chi connectivity index (χ1v) is 8.04. The number of rotatable bonds is 4. The molecule has 18 heavy (non-hydrogen) atoms. The highest BCUT2D eigenvalue weighted by Gasteiger charge is 2.34. The molecule has 2 aliphatic rings. The molecule has 0 aliphatic heterocycles. The van der Waals surface area contributed by atoms with Crippen LogP contribution in [0.25, 0.3) is 0 Å². The van der Waals surface area contributed by atoms with Crippen LogP contribution >= 0.6 is 22.9 Å². The van der Waals surface area contributed by atoms with Gasteiger partial charge < -0.3 is 10.4 Å². The van der Waals surface area contributed by atoms with E-state index in [1.54, 1.807) is 11.3 Å². The highest BCUT2D eigenvalue weighted by molar-refractivity contribution is 7.16. The lowest BCUT2D eigenvalue weighted by molar-refractivity contribution is 0.124. The number of fused-ring (bicyclic) bond motifs is 1. The molecular formula is C14H20ClNOS. The monoisotopic (exact) mass is 285 g/mol. The maximum absolute atomic E-state index is 9.63. The van der Waals surface area contributed by atoms with Crippen molar-refractivity contribution in [3.63, 3.8) is 0 Å². The molecule has 2 nitrogen and oxygen atoms in total. The van der Waals surface area contributed by atoms with E-state index in [9.17, 15) is 5.11 Å². The number of halogens is 1. The summed E-state index contributed by atoms with van der Waals surface area (Å²) in [7, 11) is 0. The first kappa shape index (κ1) is 12.9. The van der Waals surface area contributed by atoms with Crippen LogP contribution < -0.4 is 5.32 Å². The molecule has 0 amide bonds. The molecule has 0 spiro atoms. The summed E-state index contributed by atoms with van der Waals surface area (Å²) >= 11 is 7.80. The van der Waals surface area contributed by atoms with Gasteiger partial charge in [-0.25, -0.2) is 0 Å². The zero-order valence-corrected chi connectivity index (χ0v) is 12.1. The molecule has 1 unspecified atom stereocenters. The second kappa shape index (κ2) is 5.12. The quantitative estimate of drug-likeness (QED) is 0.887. The SMILES string of the molecule is OCC1(CNC2CCc3sc(Cl)cc32)CCCC1. The van der Waals surface area contributed by atoms with Gasteiger partial charge in [-0.2, -0.15) is 0 Å². The zero-order chi connectivity index (χ0) is 12.6. The van der Waals surface area contributed by atoms with Gasteiger partial charge in [0.05, 0.1) is 4.34 Å². The topological polar surface area (TPSA) is 32.3 Å². The summed E-state index contributed by atoms with van der Waals surface area (Å²) in [5.74, 6) is 0. The largest absolute Gasteiger partial charge is 0.396 e. The fraction of sp³-hybridized carbons (Fsp3) is 0.714. The van der Waals surface area contributed by atoms with E-state index in [0.717, 1.165) is 17.3 Å². The summed E-state index contributed by atoms with van der Waals surface area (Å²) in [5, 5.41) is 13.3. The summed E-state index contributed by atoms with van der Waals surface area (Å²) in [4.78, 5) is 1.45. The van der Waals surface area contributed by atoms with Crippen LogP contribution in [-0.2, 0) is 6.42 Å². The number of aliphatic hydroxyl groups excluding tert-OH is 1. The zero-order valence-electron chi connectivity index (χ0n) is 10.5. The van der Waals surface area contributed by atoms with Crippen LogP contribution in [-0.4, -0.2) is 18.3 Å². The average molecular weight is 286 g/mol. The maximum Gasteiger partial charge on any atom is 0.0934 e. The van der Waals surface area contributed by atoms with Gasteiger partial charge in [0, 0.05) is 29.5 Å². The number of aryl methyl sites for hydroxylation is 1. The molecule has 100 valence electrons. The molecule has 1 fully saturated rings. The van der Waals surface area contributed by atoms with E-state index in [2.05, 4.69) is 11.4 Å². The predicted octanol–water partition coefficient (Wildman–Crippen LogP) is 3.53. The van der Waals surface area contributed by atoms with Gasteiger partial charge in [-0.15, -0.1) is 11.3 Å². The molecule has 0 radical (unpaired) electrons. The smallest absolute Gasteiger partial charge is 0.0934 e. The highest BCUT2D eigenvalue weighted by Crippen LogP contribution is 2.41. The average Bonchev–Trinajstić information content (AvgIpc) is 3.03. The van der Waals surface area contributed by atoms with Crippen molar-refractivity contribution in [1.82, 2.24) is 5.32 Å². The Kier molecular flexibility index (Phi) is 3.68. The van der Waals surface area contributed by atoms with Crippen molar-refractivity contribution in [3.05, 3.63) is 20.8 Å². The molecule has 4 heteroatoms. The van der Waals surface area contributed by atoms with Crippen LogP contribution in [0.4, 0.5) is 0 Å². The van der Waals surface area contributed by atoms with Crippen molar-refractivity contribution in [2.75, 3.05) is 13.2 Å². The fourth-order valence-corrected chi connectivity index (χ4v) is 4.75. The first-order valence-electron chi connectivity index (χ1n) is 6.85. The van der Waals surface area contributed by atoms with Crippen LogP contribution in [0.1, 0.15) is 48.6 Å². The number of thiophene rings is 1. The van der Waals surface area contributed by atoms with E-state index in [1.807, 2.05) is 0 Å². The molecule has 2 aliphatic carbocycles. The summed E-state index contributed by atoms with van der Waals surface area (Å²) in [6.45, 7) is 1.27.